The molecule has 0 saturated heterocycles. The van der Waals surface area contributed by atoms with Crippen molar-refractivity contribution in [3.63, 3.8) is 0 Å². The van der Waals surface area contributed by atoms with Crippen LogP contribution in [-0.4, -0.2) is 39.5 Å². The summed E-state index contributed by atoms with van der Waals surface area (Å²) < 4.78 is 1.34. The first-order valence-electron chi connectivity index (χ1n) is 8.66. The fourth-order valence-corrected chi connectivity index (χ4v) is 2.92. The molecule has 3 rings (SSSR count). The second-order valence-corrected chi connectivity index (χ2v) is 6.44. The molecular weight excluding hydrogens is 326 g/mol. The van der Waals surface area contributed by atoms with E-state index in [1.165, 1.54) is 16.3 Å². The van der Waals surface area contributed by atoms with Gasteiger partial charge in [-0.1, -0.05) is 60.7 Å². The number of likely N-dealkylation sites (N-methyl/N-ethyl adjacent to an activating group) is 1. The Bertz CT molecular complexity index is 879. The Morgan fingerprint density at radius 2 is 1.65 bits per heavy atom. The molecule has 0 spiro atoms. The van der Waals surface area contributed by atoms with Crippen molar-refractivity contribution in [3.05, 3.63) is 88.7 Å². The smallest absolute Gasteiger partial charge is 0.266 e. The van der Waals surface area contributed by atoms with Gasteiger partial charge >= 0.3 is 0 Å². The summed E-state index contributed by atoms with van der Waals surface area (Å²) in [7, 11) is 1.95. The summed E-state index contributed by atoms with van der Waals surface area (Å²) >= 11 is 0. The molecule has 1 unspecified atom stereocenters. The number of rotatable bonds is 7. The lowest BCUT2D eigenvalue weighted by Crippen LogP contribution is -2.35. The third-order valence-corrected chi connectivity index (χ3v) is 4.14. The second kappa shape index (κ2) is 8.56. The number of nitrogens with zero attached hydrogens (tertiary/aromatic N) is 3. The summed E-state index contributed by atoms with van der Waals surface area (Å²) in [4.78, 5) is 14.1. The van der Waals surface area contributed by atoms with Crippen LogP contribution in [-0.2, 0) is 13.1 Å². The second-order valence-electron chi connectivity index (χ2n) is 6.44. The van der Waals surface area contributed by atoms with Gasteiger partial charge in [0.25, 0.3) is 5.56 Å². The monoisotopic (exact) mass is 349 g/mol. The van der Waals surface area contributed by atoms with Crippen molar-refractivity contribution < 1.29 is 5.11 Å². The average molecular weight is 349 g/mol. The van der Waals surface area contributed by atoms with Crippen LogP contribution in [0.15, 0.2) is 77.6 Å². The Balaban J connectivity index is 1.65. The summed E-state index contributed by atoms with van der Waals surface area (Å²) in [5, 5.41) is 14.8. The molecule has 0 aliphatic heterocycles. The van der Waals surface area contributed by atoms with Crippen molar-refractivity contribution >= 4 is 0 Å². The van der Waals surface area contributed by atoms with Crippen molar-refractivity contribution in [1.29, 1.82) is 0 Å². The molecule has 3 aromatic rings. The van der Waals surface area contributed by atoms with Gasteiger partial charge in [-0.2, -0.15) is 5.10 Å². The molecule has 5 nitrogen and oxygen atoms in total. The van der Waals surface area contributed by atoms with E-state index in [1.807, 2.05) is 60.5 Å². The highest BCUT2D eigenvalue weighted by Crippen LogP contribution is 2.14. The largest absolute Gasteiger partial charge is 0.390 e. The van der Waals surface area contributed by atoms with Crippen molar-refractivity contribution in [2.24, 2.45) is 0 Å². The molecule has 1 aromatic heterocycles. The van der Waals surface area contributed by atoms with Gasteiger partial charge in [0.1, 0.15) is 0 Å². The lowest BCUT2D eigenvalue weighted by atomic mass is 10.1. The van der Waals surface area contributed by atoms with Crippen LogP contribution in [0, 0.1) is 0 Å². The van der Waals surface area contributed by atoms with Crippen LogP contribution in [0.4, 0.5) is 0 Å². The Morgan fingerprint density at radius 3 is 2.35 bits per heavy atom. The predicted octanol–water partition coefficient (Wildman–Crippen LogP) is 2.40. The topological polar surface area (TPSA) is 58.4 Å². The molecule has 0 aliphatic carbocycles. The van der Waals surface area contributed by atoms with Crippen LogP contribution in [0.1, 0.15) is 5.56 Å². The third-order valence-electron chi connectivity index (χ3n) is 4.14. The van der Waals surface area contributed by atoms with Crippen LogP contribution >= 0.6 is 0 Å². The predicted molar refractivity (Wildman–Crippen MR) is 103 cm³/mol. The van der Waals surface area contributed by atoms with Crippen molar-refractivity contribution in [2.45, 2.75) is 19.2 Å². The maximum absolute atomic E-state index is 12.1. The quantitative estimate of drug-likeness (QED) is 0.712. The molecule has 0 bridgehead atoms. The number of benzene rings is 2. The van der Waals surface area contributed by atoms with Crippen molar-refractivity contribution in [2.75, 3.05) is 13.6 Å². The standard InChI is InChI=1S/C21H23N3O2/c1-23(14-17-8-4-2-5-9-17)15-19(25)16-24-21(26)13-12-20(22-24)18-10-6-3-7-11-18/h2-13,19,25H,14-16H2,1H3. The first kappa shape index (κ1) is 18.0. The van der Waals surface area contributed by atoms with Crippen LogP contribution in [0.3, 0.4) is 0 Å². The molecule has 1 N–H and O–H groups in total. The Kier molecular flexibility index (Phi) is 5.94. The van der Waals surface area contributed by atoms with Gasteiger partial charge in [0, 0.05) is 24.7 Å². The SMILES string of the molecule is CN(Cc1ccccc1)CC(O)Cn1nc(-c2ccccc2)ccc1=O. The van der Waals surface area contributed by atoms with E-state index >= 15 is 0 Å². The molecule has 0 radical (unpaired) electrons. The van der Waals surface area contributed by atoms with Gasteiger partial charge in [0.05, 0.1) is 18.3 Å². The summed E-state index contributed by atoms with van der Waals surface area (Å²) in [5.74, 6) is 0. The number of aliphatic hydroxyl groups excluding tert-OH is 1. The first-order valence-corrected chi connectivity index (χ1v) is 8.66. The lowest BCUT2D eigenvalue weighted by molar-refractivity contribution is 0.102. The average Bonchev–Trinajstić information content (AvgIpc) is 2.65. The minimum atomic E-state index is -0.681. The van der Waals surface area contributed by atoms with Gasteiger partial charge in [-0.3, -0.25) is 9.69 Å². The summed E-state index contributed by atoms with van der Waals surface area (Å²) in [5.41, 5.74) is 2.63. The fraction of sp³-hybridized carbons (Fsp3) is 0.238. The minimum Gasteiger partial charge on any atom is -0.390 e. The van der Waals surface area contributed by atoms with Crippen LogP contribution in [0.5, 0.6) is 0 Å². The fourth-order valence-electron chi connectivity index (χ4n) is 2.92. The molecule has 2 aromatic carbocycles. The zero-order chi connectivity index (χ0) is 18.4. The summed E-state index contributed by atoms with van der Waals surface area (Å²) in [6, 6.07) is 23.0. The van der Waals surface area contributed by atoms with Crippen LogP contribution < -0.4 is 5.56 Å². The summed E-state index contributed by atoms with van der Waals surface area (Å²) in [6.45, 7) is 1.36. The third kappa shape index (κ3) is 4.88. The van der Waals surface area contributed by atoms with E-state index in [-0.39, 0.29) is 12.1 Å². The number of aromatic nitrogens is 2. The molecular formula is C21H23N3O2. The molecule has 0 aliphatic rings. The van der Waals surface area contributed by atoms with E-state index in [1.54, 1.807) is 6.07 Å². The number of aliphatic hydroxyl groups is 1. The van der Waals surface area contributed by atoms with Gasteiger partial charge < -0.3 is 5.11 Å². The highest BCUT2D eigenvalue weighted by atomic mass is 16.3. The van der Waals surface area contributed by atoms with E-state index in [9.17, 15) is 9.90 Å². The highest BCUT2D eigenvalue weighted by Gasteiger charge is 2.12. The molecule has 0 saturated carbocycles. The Hall–Kier alpha value is -2.76. The van der Waals surface area contributed by atoms with Crippen molar-refractivity contribution in [1.82, 2.24) is 14.7 Å². The Morgan fingerprint density at radius 1 is 1.00 bits per heavy atom. The maximum atomic E-state index is 12.1. The van der Waals surface area contributed by atoms with Gasteiger partial charge in [-0.05, 0) is 18.7 Å². The van der Waals surface area contributed by atoms with Gasteiger partial charge in [0.15, 0.2) is 0 Å². The Labute approximate surface area is 153 Å². The minimum absolute atomic E-state index is 0.165. The molecule has 1 atom stereocenters. The maximum Gasteiger partial charge on any atom is 0.266 e. The lowest BCUT2D eigenvalue weighted by Gasteiger charge is -2.21. The van der Waals surface area contributed by atoms with E-state index in [0.29, 0.717) is 6.54 Å². The molecule has 0 fully saturated rings. The van der Waals surface area contributed by atoms with E-state index < -0.39 is 6.10 Å². The first-order chi connectivity index (χ1) is 12.6. The van der Waals surface area contributed by atoms with Gasteiger partial charge in [0.2, 0.25) is 0 Å². The van der Waals surface area contributed by atoms with Crippen molar-refractivity contribution in [3.8, 4) is 11.3 Å². The number of hydrogen-bond donors (Lipinski definition) is 1. The number of hydrogen-bond acceptors (Lipinski definition) is 4. The van der Waals surface area contributed by atoms with Gasteiger partial charge in [-0.25, -0.2) is 4.68 Å². The molecule has 1 heterocycles. The zero-order valence-electron chi connectivity index (χ0n) is 14.8. The molecule has 5 heteroatoms. The normalized spacial score (nSPS) is 12.3. The van der Waals surface area contributed by atoms with E-state index in [0.717, 1.165) is 17.8 Å². The van der Waals surface area contributed by atoms with Gasteiger partial charge in [-0.15, -0.1) is 0 Å². The van der Waals surface area contributed by atoms with E-state index in [4.69, 9.17) is 0 Å². The highest BCUT2D eigenvalue weighted by molar-refractivity contribution is 5.57. The molecule has 0 amide bonds. The zero-order valence-corrected chi connectivity index (χ0v) is 14.8. The van der Waals surface area contributed by atoms with Crippen LogP contribution in [0.2, 0.25) is 0 Å². The molecule has 134 valence electrons. The van der Waals surface area contributed by atoms with E-state index in [2.05, 4.69) is 17.2 Å². The molecule has 26 heavy (non-hydrogen) atoms. The van der Waals surface area contributed by atoms with Crippen LogP contribution in [0.25, 0.3) is 11.3 Å². The summed E-state index contributed by atoms with van der Waals surface area (Å²) in [6.07, 6.45) is -0.681.